The van der Waals surface area contributed by atoms with E-state index in [-0.39, 0.29) is 11.9 Å². The average Bonchev–Trinajstić information content (AvgIpc) is 3.36. The van der Waals surface area contributed by atoms with Gasteiger partial charge < -0.3 is 9.80 Å². The van der Waals surface area contributed by atoms with Crippen LogP contribution >= 0.6 is 0 Å². The summed E-state index contributed by atoms with van der Waals surface area (Å²) in [4.78, 5) is 26.7. The number of hydrogen-bond acceptors (Lipinski definition) is 6. The molecule has 3 heterocycles. The Morgan fingerprint density at radius 2 is 1.71 bits per heavy atom. The lowest BCUT2D eigenvalue weighted by atomic mass is 10.0. The zero-order valence-electron chi connectivity index (χ0n) is 17.9. The number of fused-ring (bicyclic) bond motifs is 1. The summed E-state index contributed by atoms with van der Waals surface area (Å²) in [5, 5.41) is 8.20. The molecule has 31 heavy (non-hydrogen) atoms. The Labute approximate surface area is 182 Å². The van der Waals surface area contributed by atoms with Crippen LogP contribution in [0.3, 0.4) is 0 Å². The lowest BCUT2D eigenvalue weighted by Gasteiger charge is -2.43. The molecule has 1 amide bonds. The van der Waals surface area contributed by atoms with E-state index in [1.165, 1.54) is 12.8 Å². The molecular weight excluding hydrogens is 388 g/mol. The molecule has 2 aliphatic rings. The maximum atomic E-state index is 13.1. The normalized spacial score (nSPS) is 19.0. The predicted molar refractivity (Wildman–Crippen MR) is 121 cm³/mol. The van der Waals surface area contributed by atoms with Gasteiger partial charge in [0.15, 0.2) is 11.6 Å². The van der Waals surface area contributed by atoms with E-state index in [9.17, 15) is 4.79 Å². The Morgan fingerprint density at radius 1 is 1.00 bits per heavy atom. The topological polar surface area (TPSA) is 75.1 Å². The zero-order valence-corrected chi connectivity index (χ0v) is 17.9. The summed E-state index contributed by atoms with van der Waals surface area (Å²) in [6.45, 7) is 2.08. The van der Waals surface area contributed by atoms with Gasteiger partial charge in [-0.05, 0) is 24.8 Å². The third-order valence-corrected chi connectivity index (χ3v) is 6.47. The molecule has 2 aromatic heterocycles. The van der Waals surface area contributed by atoms with Crippen LogP contribution in [0.15, 0.2) is 48.9 Å². The van der Waals surface area contributed by atoms with Crippen LogP contribution in [0, 0.1) is 0 Å². The average molecular weight is 415 g/mol. The first-order chi connectivity index (χ1) is 15.2. The first kappa shape index (κ1) is 19.6. The summed E-state index contributed by atoms with van der Waals surface area (Å²) in [6.07, 6.45) is 10.6. The highest BCUT2D eigenvalue weighted by Gasteiger charge is 2.41. The molecule has 1 fully saturated rings. The number of nitrogens with zero attached hydrogens (tertiary/aromatic N) is 6. The highest BCUT2D eigenvalue weighted by molar-refractivity contribution is 6.04. The molecule has 5 rings (SSSR count). The van der Waals surface area contributed by atoms with E-state index in [1.54, 1.807) is 23.5 Å². The number of benzene rings is 1. The Hall–Kier alpha value is -3.35. The van der Waals surface area contributed by atoms with Gasteiger partial charge in [0, 0.05) is 24.2 Å². The SMILES string of the molecule is CC[C@@H]1C(=O)N(C)c2cnc(-c3cnncc3-c3ccccc3)nc2N1C1CCCC1. The highest BCUT2D eigenvalue weighted by Crippen LogP contribution is 2.40. The molecule has 1 aromatic carbocycles. The number of anilines is 2. The van der Waals surface area contributed by atoms with E-state index < -0.39 is 0 Å². The van der Waals surface area contributed by atoms with Gasteiger partial charge >= 0.3 is 0 Å². The van der Waals surface area contributed by atoms with E-state index in [2.05, 4.69) is 27.0 Å². The van der Waals surface area contributed by atoms with Crippen LogP contribution in [0.25, 0.3) is 22.5 Å². The number of carbonyl (C=O) groups is 1. The fourth-order valence-electron chi connectivity index (χ4n) is 4.86. The summed E-state index contributed by atoms with van der Waals surface area (Å²) in [5.74, 6) is 1.57. The predicted octanol–water partition coefficient (Wildman–Crippen LogP) is 4.10. The molecule has 1 atom stereocenters. The molecule has 1 saturated carbocycles. The van der Waals surface area contributed by atoms with E-state index in [0.29, 0.717) is 11.9 Å². The molecule has 7 nitrogen and oxygen atoms in total. The van der Waals surface area contributed by atoms with Gasteiger partial charge in [0.2, 0.25) is 5.91 Å². The summed E-state index contributed by atoms with van der Waals surface area (Å²) in [6, 6.07) is 10.2. The van der Waals surface area contributed by atoms with Crippen LogP contribution in [0.4, 0.5) is 11.5 Å². The molecule has 1 aliphatic heterocycles. The Morgan fingerprint density at radius 3 is 2.42 bits per heavy atom. The van der Waals surface area contributed by atoms with Crippen molar-refractivity contribution in [2.75, 3.05) is 16.8 Å². The maximum absolute atomic E-state index is 13.1. The molecule has 7 heteroatoms. The Kier molecular flexibility index (Phi) is 5.10. The minimum Gasteiger partial charge on any atom is -0.340 e. The van der Waals surface area contributed by atoms with Crippen molar-refractivity contribution < 1.29 is 4.79 Å². The standard InChI is InChI=1S/C24H26N6O/c1-3-20-24(31)29(2)21-15-25-22(28-23(21)30(20)17-11-7-8-12-17)19-14-27-26-13-18(19)16-9-5-4-6-10-16/h4-6,9-10,13-15,17,20H,3,7-8,11-12H2,1-2H3/t20-/m1/s1. The maximum Gasteiger partial charge on any atom is 0.249 e. The van der Waals surface area contributed by atoms with Gasteiger partial charge in [-0.1, -0.05) is 50.1 Å². The third-order valence-electron chi connectivity index (χ3n) is 6.47. The fourth-order valence-corrected chi connectivity index (χ4v) is 4.86. The van der Waals surface area contributed by atoms with Gasteiger partial charge in [-0.15, -0.1) is 0 Å². The smallest absolute Gasteiger partial charge is 0.249 e. The number of carbonyl (C=O) groups excluding carboxylic acids is 1. The van der Waals surface area contributed by atoms with Crippen LogP contribution in [0.1, 0.15) is 39.0 Å². The van der Waals surface area contributed by atoms with Gasteiger partial charge in [0.25, 0.3) is 0 Å². The first-order valence-corrected chi connectivity index (χ1v) is 11.0. The molecule has 0 N–H and O–H groups in total. The fraction of sp³-hybridized carbons (Fsp3) is 0.375. The lowest BCUT2D eigenvalue weighted by molar-refractivity contribution is -0.120. The van der Waals surface area contributed by atoms with Gasteiger partial charge in [-0.2, -0.15) is 10.2 Å². The highest BCUT2D eigenvalue weighted by atomic mass is 16.2. The van der Waals surface area contributed by atoms with E-state index >= 15 is 0 Å². The van der Waals surface area contributed by atoms with Crippen LogP contribution in [-0.2, 0) is 4.79 Å². The molecule has 0 bridgehead atoms. The lowest BCUT2D eigenvalue weighted by Crippen LogP contribution is -2.55. The van der Waals surface area contributed by atoms with E-state index in [0.717, 1.165) is 47.5 Å². The Balaban J connectivity index is 1.66. The second-order valence-corrected chi connectivity index (χ2v) is 8.25. The molecular formula is C24H26N6O. The summed E-state index contributed by atoms with van der Waals surface area (Å²) < 4.78 is 0. The number of aromatic nitrogens is 4. The zero-order chi connectivity index (χ0) is 21.4. The van der Waals surface area contributed by atoms with E-state index in [1.807, 2.05) is 37.4 Å². The van der Waals surface area contributed by atoms with Crippen molar-refractivity contribution in [2.45, 2.75) is 51.1 Å². The Bertz CT molecular complexity index is 1100. The van der Waals surface area contributed by atoms with Crippen molar-refractivity contribution in [3.05, 3.63) is 48.9 Å². The van der Waals surface area contributed by atoms with Gasteiger partial charge in [0.05, 0.1) is 18.6 Å². The van der Waals surface area contributed by atoms with Crippen molar-refractivity contribution in [1.29, 1.82) is 0 Å². The van der Waals surface area contributed by atoms with Crippen molar-refractivity contribution in [1.82, 2.24) is 20.2 Å². The number of hydrogen-bond donors (Lipinski definition) is 0. The first-order valence-electron chi connectivity index (χ1n) is 11.0. The number of rotatable bonds is 4. The van der Waals surface area contributed by atoms with Crippen LogP contribution < -0.4 is 9.80 Å². The third kappa shape index (κ3) is 3.34. The molecule has 158 valence electrons. The summed E-state index contributed by atoms with van der Waals surface area (Å²) in [7, 11) is 1.82. The monoisotopic (exact) mass is 414 g/mol. The van der Waals surface area contributed by atoms with Crippen molar-refractivity contribution >= 4 is 17.4 Å². The largest absolute Gasteiger partial charge is 0.340 e. The van der Waals surface area contributed by atoms with Crippen molar-refractivity contribution in [3.63, 3.8) is 0 Å². The molecule has 0 radical (unpaired) electrons. The van der Waals surface area contributed by atoms with Crippen LogP contribution in [-0.4, -0.2) is 45.2 Å². The van der Waals surface area contributed by atoms with Gasteiger partial charge in [0.1, 0.15) is 11.7 Å². The number of likely N-dealkylation sites (N-methyl/N-ethyl adjacent to an activating group) is 1. The van der Waals surface area contributed by atoms with Crippen LogP contribution in [0.2, 0.25) is 0 Å². The van der Waals surface area contributed by atoms with Gasteiger partial charge in [-0.3, -0.25) is 4.79 Å². The molecule has 0 unspecified atom stereocenters. The van der Waals surface area contributed by atoms with E-state index in [4.69, 9.17) is 4.98 Å². The second-order valence-electron chi connectivity index (χ2n) is 8.25. The second kappa shape index (κ2) is 8.06. The summed E-state index contributed by atoms with van der Waals surface area (Å²) >= 11 is 0. The molecule has 3 aromatic rings. The quantitative estimate of drug-likeness (QED) is 0.640. The van der Waals surface area contributed by atoms with Gasteiger partial charge in [-0.25, -0.2) is 9.97 Å². The van der Waals surface area contributed by atoms with Crippen LogP contribution in [0.5, 0.6) is 0 Å². The minimum atomic E-state index is -0.187. The molecule has 1 aliphatic carbocycles. The number of amides is 1. The molecule has 0 spiro atoms. The van der Waals surface area contributed by atoms with Crippen molar-refractivity contribution in [3.8, 4) is 22.5 Å². The molecule has 0 saturated heterocycles. The summed E-state index contributed by atoms with van der Waals surface area (Å²) in [5.41, 5.74) is 3.59. The van der Waals surface area contributed by atoms with Crippen molar-refractivity contribution in [2.24, 2.45) is 0 Å². The minimum absolute atomic E-state index is 0.119.